The van der Waals surface area contributed by atoms with Crippen molar-refractivity contribution in [1.29, 1.82) is 0 Å². The van der Waals surface area contributed by atoms with Crippen molar-refractivity contribution in [2.45, 2.75) is 24.9 Å². The second-order valence-corrected chi connectivity index (χ2v) is 6.69. The van der Waals surface area contributed by atoms with Gasteiger partial charge in [-0.3, -0.25) is 4.68 Å². The summed E-state index contributed by atoms with van der Waals surface area (Å²) < 4.78 is 28.2. The molecule has 0 saturated carbocycles. The SMILES string of the molecule is CCn1cc(S(=O)(=O)NCc2ccc(Cl)c(Cl)c2)cn1. The van der Waals surface area contributed by atoms with Crippen LogP contribution in [0.3, 0.4) is 0 Å². The summed E-state index contributed by atoms with van der Waals surface area (Å²) in [7, 11) is -3.58. The molecule has 0 bridgehead atoms. The molecule has 0 atom stereocenters. The molecule has 0 aliphatic carbocycles. The fraction of sp³-hybridized carbons (Fsp3) is 0.250. The van der Waals surface area contributed by atoms with E-state index in [0.29, 0.717) is 16.6 Å². The number of nitrogens with zero attached hydrogens (tertiary/aromatic N) is 2. The number of nitrogens with one attached hydrogen (secondary N) is 1. The largest absolute Gasteiger partial charge is 0.272 e. The van der Waals surface area contributed by atoms with Gasteiger partial charge in [-0.05, 0) is 24.6 Å². The predicted molar refractivity (Wildman–Crippen MR) is 78.4 cm³/mol. The number of sulfonamides is 1. The highest BCUT2D eigenvalue weighted by atomic mass is 35.5. The molecule has 1 aromatic heterocycles. The number of aromatic nitrogens is 2. The number of hydrogen-bond acceptors (Lipinski definition) is 3. The van der Waals surface area contributed by atoms with Crippen molar-refractivity contribution in [2.75, 3.05) is 0 Å². The zero-order valence-electron chi connectivity index (χ0n) is 10.7. The fourth-order valence-electron chi connectivity index (χ4n) is 1.57. The number of aryl methyl sites for hydroxylation is 1. The molecule has 1 aromatic carbocycles. The van der Waals surface area contributed by atoms with Crippen LogP contribution in [0.4, 0.5) is 0 Å². The average molecular weight is 334 g/mol. The van der Waals surface area contributed by atoms with Gasteiger partial charge in [-0.15, -0.1) is 0 Å². The van der Waals surface area contributed by atoms with Crippen LogP contribution >= 0.6 is 23.2 Å². The highest BCUT2D eigenvalue weighted by Gasteiger charge is 2.16. The van der Waals surface area contributed by atoms with Crippen molar-refractivity contribution in [3.05, 3.63) is 46.2 Å². The quantitative estimate of drug-likeness (QED) is 0.914. The van der Waals surface area contributed by atoms with Crippen LogP contribution in [0.15, 0.2) is 35.5 Å². The standard InChI is InChI=1S/C12H13Cl2N3O2S/c1-2-17-8-10(7-15-17)20(18,19)16-6-9-3-4-11(13)12(14)5-9/h3-5,7-8,16H,2,6H2,1H3. The second kappa shape index (κ2) is 6.13. The van der Waals surface area contributed by atoms with Gasteiger partial charge in [0.1, 0.15) is 4.90 Å². The third kappa shape index (κ3) is 3.52. The Morgan fingerprint density at radius 2 is 2.05 bits per heavy atom. The zero-order chi connectivity index (χ0) is 14.8. The van der Waals surface area contributed by atoms with E-state index in [0.717, 1.165) is 5.56 Å². The minimum atomic E-state index is -3.58. The molecule has 2 rings (SSSR count). The number of rotatable bonds is 5. The van der Waals surface area contributed by atoms with Gasteiger partial charge in [-0.25, -0.2) is 13.1 Å². The first-order chi connectivity index (χ1) is 9.42. The Bertz CT molecular complexity index is 713. The maximum Gasteiger partial charge on any atom is 0.243 e. The molecule has 0 aliphatic heterocycles. The Hall–Kier alpha value is -1.08. The molecule has 0 fully saturated rings. The lowest BCUT2D eigenvalue weighted by Crippen LogP contribution is -2.22. The third-order valence-corrected chi connectivity index (χ3v) is 4.79. The zero-order valence-corrected chi connectivity index (χ0v) is 13.0. The van der Waals surface area contributed by atoms with Crippen LogP contribution in [-0.4, -0.2) is 18.2 Å². The molecule has 108 valence electrons. The molecule has 1 heterocycles. The third-order valence-electron chi connectivity index (χ3n) is 2.69. The van der Waals surface area contributed by atoms with E-state index in [1.165, 1.54) is 12.4 Å². The lowest BCUT2D eigenvalue weighted by atomic mass is 10.2. The smallest absolute Gasteiger partial charge is 0.243 e. The first-order valence-electron chi connectivity index (χ1n) is 5.88. The lowest BCUT2D eigenvalue weighted by Gasteiger charge is -2.06. The summed E-state index contributed by atoms with van der Waals surface area (Å²) >= 11 is 11.7. The van der Waals surface area contributed by atoms with E-state index in [9.17, 15) is 8.42 Å². The molecule has 5 nitrogen and oxygen atoms in total. The minimum Gasteiger partial charge on any atom is -0.272 e. The molecule has 0 spiro atoms. The van der Waals surface area contributed by atoms with Crippen molar-refractivity contribution in [1.82, 2.24) is 14.5 Å². The summed E-state index contributed by atoms with van der Waals surface area (Å²) in [5.41, 5.74) is 0.728. The molecule has 0 amide bonds. The van der Waals surface area contributed by atoms with Crippen molar-refractivity contribution in [3.8, 4) is 0 Å². The molecule has 0 unspecified atom stereocenters. The van der Waals surface area contributed by atoms with Crippen molar-refractivity contribution in [2.24, 2.45) is 0 Å². The first kappa shape index (κ1) is 15.3. The van der Waals surface area contributed by atoms with Gasteiger partial charge in [0.15, 0.2) is 0 Å². The molecule has 1 N–H and O–H groups in total. The van der Waals surface area contributed by atoms with Crippen LogP contribution in [0.5, 0.6) is 0 Å². The van der Waals surface area contributed by atoms with E-state index < -0.39 is 10.0 Å². The maximum atomic E-state index is 12.1. The van der Waals surface area contributed by atoms with Gasteiger partial charge in [-0.1, -0.05) is 29.3 Å². The van der Waals surface area contributed by atoms with Gasteiger partial charge in [0.2, 0.25) is 10.0 Å². The first-order valence-corrected chi connectivity index (χ1v) is 8.12. The lowest BCUT2D eigenvalue weighted by molar-refractivity contribution is 0.581. The average Bonchev–Trinajstić information content (AvgIpc) is 2.90. The van der Waals surface area contributed by atoms with E-state index >= 15 is 0 Å². The van der Waals surface area contributed by atoms with Crippen LogP contribution in [0.1, 0.15) is 12.5 Å². The molecule has 8 heteroatoms. The van der Waals surface area contributed by atoms with E-state index in [2.05, 4.69) is 9.82 Å². The van der Waals surface area contributed by atoms with E-state index in [4.69, 9.17) is 23.2 Å². The maximum absolute atomic E-state index is 12.1. The summed E-state index contributed by atoms with van der Waals surface area (Å²) in [5.74, 6) is 0. The van der Waals surface area contributed by atoms with Crippen molar-refractivity contribution >= 4 is 33.2 Å². The van der Waals surface area contributed by atoms with E-state index in [-0.39, 0.29) is 11.4 Å². The number of benzene rings is 1. The van der Waals surface area contributed by atoms with Crippen molar-refractivity contribution < 1.29 is 8.42 Å². The Balaban J connectivity index is 2.10. The molecular formula is C12H13Cl2N3O2S. The summed E-state index contributed by atoms with van der Waals surface area (Å²) in [5, 5.41) is 4.76. The molecule has 2 aromatic rings. The van der Waals surface area contributed by atoms with Gasteiger partial charge in [0.25, 0.3) is 0 Å². The molecular weight excluding hydrogens is 321 g/mol. The van der Waals surface area contributed by atoms with Crippen molar-refractivity contribution in [3.63, 3.8) is 0 Å². The van der Waals surface area contributed by atoms with Crippen LogP contribution in [0.2, 0.25) is 10.0 Å². The van der Waals surface area contributed by atoms with Crippen LogP contribution in [0, 0.1) is 0 Å². The van der Waals surface area contributed by atoms with Gasteiger partial charge in [0, 0.05) is 19.3 Å². The summed E-state index contributed by atoms with van der Waals surface area (Å²) in [4.78, 5) is 0.138. The Labute approximate surface area is 127 Å². The Kier molecular flexibility index (Phi) is 4.70. The Morgan fingerprint density at radius 3 is 2.65 bits per heavy atom. The molecule has 0 saturated heterocycles. The van der Waals surface area contributed by atoms with E-state index in [1.54, 1.807) is 22.9 Å². The molecule has 0 aliphatic rings. The summed E-state index contributed by atoms with van der Waals surface area (Å²) in [6, 6.07) is 4.97. The number of halogens is 2. The fourth-order valence-corrected chi connectivity index (χ4v) is 2.86. The number of hydrogen-bond donors (Lipinski definition) is 1. The normalized spacial score (nSPS) is 11.8. The van der Waals surface area contributed by atoms with Crippen LogP contribution < -0.4 is 4.72 Å². The summed E-state index contributed by atoms with van der Waals surface area (Å²) in [6.07, 6.45) is 2.80. The van der Waals surface area contributed by atoms with Gasteiger partial charge < -0.3 is 0 Å². The van der Waals surface area contributed by atoms with Crippen LogP contribution in [-0.2, 0) is 23.1 Å². The molecule has 0 radical (unpaired) electrons. The minimum absolute atomic E-state index is 0.135. The monoisotopic (exact) mass is 333 g/mol. The van der Waals surface area contributed by atoms with Gasteiger partial charge in [0.05, 0.1) is 16.2 Å². The second-order valence-electron chi connectivity index (χ2n) is 4.10. The van der Waals surface area contributed by atoms with Gasteiger partial charge in [-0.2, -0.15) is 5.10 Å². The highest BCUT2D eigenvalue weighted by molar-refractivity contribution is 7.89. The predicted octanol–water partition coefficient (Wildman–Crippen LogP) is 2.69. The molecule has 20 heavy (non-hydrogen) atoms. The summed E-state index contributed by atoms with van der Waals surface area (Å²) in [6.45, 7) is 2.63. The topological polar surface area (TPSA) is 64.0 Å². The van der Waals surface area contributed by atoms with Crippen LogP contribution in [0.25, 0.3) is 0 Å². The van der Waals surface area contributed by atoms with E-state index in [1.807, 2.05) is 6.92 Å². The van der Waals surface area contributed by atoms with Gasteiger partial charge >= 0.3 is 0 Å². The Morgan fingerprint density at radius 1 is 1.30 bits per heavy atom. The highest BCUT2D eigenvalue weighted by Crippen LogP contribution is 2.22.